The minimum absolute atomic E-state index is 0.247. The normalized spacial score (nSPS) is 18.2. The molecule has 3 aromatic rings. The van der Waals surface area contributed by atoms with E-state index in [0.717, 1.165) is 40.5 Å². The van der Waals surface area contributed by atoms with Gasteiger partial charge in [-0.05, 0) is 24.6 Å². The Morgan fingerprint density at radius 3 is 2.92 bits per heavy atom. The first kappa shape index (κ1) is 14.0. The third-order valence-corrected chi connectivity index (χ3v) is 4.80. The first-order valence-electron chi connectivity index (χ1n) is 8.20. The number of benzene rings is 1. The molecule has 5 rings (SSSR count). The van der Waals surface area contributed by atoms with Gasteiger partial charge in [0.1, 0.15) is 23.2 Å². The van der Waals surface area contributed by atoms with Gasteiger partial charge in [-0.2, -0.15) is 0 Å². The standard InChI is InChI=1S/C18H16F2N4/c19-11-8-23(9-11)10-17-22-14-4-2-6-21-18(14)16-7-12-13(20)3-1-5-15(12)24(16)17/h1,3-5,7,11H,2,6,8-10H2. The van der Waals surface area contributed by atoms with Gasteiger partial charge in [-0.3, -0.25) is 14.3 Å². The van der Waals surface area contributed by atoms with Crippen LogP contribution in [0.25, 0.3) is 22.5 Å². The zero-order chi connectivity index (χ0) is 16.3. The third kappa shape index (κ3) is 1.99. The molecule has 4 nitrogen and oxygen atoms in total. The van der Waals surface area contributed by atoms with Crippen LogP contribution in [0, 0.1) is 5.82 Å². The van der Waals surface area contributed by atoms with Crippen LogP contribution in [0.2, 0.25) is 0 Å². The molecule has 1 saturated heterocycles. The van der Waals surface area contributed by atoms with Crippen molar-refractivity contribution in [1.82, 2.24) is 14.3 Å². The molecule has 0 amide bonds. The van der Waals surface area contributed by atoms with Crippen LogP contribution in [0.5, 0.6) is 0 Å². The molecular weight excluding hydrogens is 310 g/mol. The van der Waals surface area contributed by atoms with E-state index >= 15 is 0 Å². The summed E-state index contributed by atoms with van der Waals surface area (Å²) in [6, 6.07) is 6.92. The summed E-state index contributed by atoms with van der Waals surface area (Å²) >= 11 is 0. The second-order valence-corrected chi connectivity index (χ2v) is 6.47. The van der Waals surface area contributed by atoms with Crippen molar-refractivity contribution >= 4 is 22.5 Å². The van der Waals surface area contributed by atoms with Crippen molar-refractivity contribution in [2.24, 2.45) is 4.99 Å². The van der Waals surface area contributed by atoms with E-state index in [1.54, 1.807) is 6.07 Å². The van der Waals surface area contributed by atoms with Crippen LogP contribution >= 0.6 is 0 Å². The predicted molar refractivity (Wildman–Crippen MR) is 87.6 cm³/mol. The van der Waals surface area contributed by atoms with Gasteiger partial charge < -0.3 is 0 Å². The Balaban J connectivity index is 1.84. The molecule has 0 aliphatic carbocycles. The number of rotatable bonds is 2. The smallest absolute Gasteiger partial charge is 0.132 e. The maximum absolute atomic E-state index is 14.2. The van der Waals surface area contributed by atoms with Crippen LogP contribution < -0.4 is 10.7 Å². The minimum Gasteiger partial charge on any atom is -0.294 e. The van der Waals surface area contributed by atoms with Crippen LogP contribution in [0.4, 0.5) is 8.78 Å². The fourth-order valence-corrected chi connectivity index (χ4v) is 3.64. The van der Waals surface area contributed by atoms with E-state index in [-0.39, 0.29) is 5.82 Å². The number of nitrogens with zero attached hydrogens (tertiary/aromatic N) is 4. The zero-order valence-electron chi connectivity index (χ0n) is 13.0. The first-order valence-corrected chi connectivity index (χ1v) is 8.20. The molecule has 1 aromatic carbocycles. The Bertz CT molecular complexity index is 1080. The highest BCUT2D eigenvalue weighted by atomic mass is 19.1. The summed E-state index contributed by atoms with van der Waals surface area (Å²) in [6.07, 6.45) is 2.19. The molecule has 0 unspecified atom stereocenters. The lowest BCUT2D eigenvalue weighted by Gasteiger charge is -2.34. The van der Waals surface area contributed by atoms with Crippen molar-refractivity contribution in [3.8, 4) is 0 Å². The van der Waals surface area contributed by atoms with Gasteiger partial charge in [0.2, 0.25) is 0 Å². The third-order valence-electron chi connectivity index (χ3n) is 4.80. The van der Waals surface area contributed by atoms with Gasteiger partial charge in [0, 0.05) is 25.0 Å². The van der Waals surface area contributed by atoms with Crippen molar-refractivity contribution < 1.29 is 8.78 Å². The van der Waals surface area contributed by atoms with Crippen LogP contribution in [-0.2, 0) is 6.54 Å². The summed E-state index contributed by atoms with van der Waals surface area (Å²) in [6.45, 7) is 2.14. The molecule has 6 heteroatoms. The molecule has 2 aromatic heterocycles. The van der Waals surface area contributed by atoms with Gasteiger partial charge in [-0.25, -0.2) is 13.8 Å². The van der Waals surface area contributed by atoms with Gasteiger partial charge >= 0.3 is 0 Å². The van der Waals surface area contributed by atoms with E-state index in [9.17, 15) is 8.78 Å². The fourth-order valence-electron chi connectivity index (χ4n) is 3.64. The Labute approximate surface area is 136 Å². The average Bonchev–Trinajstić information content (AvgIpc) is 2.95. The molecule has 1 fully saturated rings. The van der Waals surface area contributed by atoms with Crippen LogP contribution in [0.3, 0.4) is 0 Å². The van der Waals surface area contributed by atoms with Crippen LogP contribution in [0.1, 0.15) is 12.2 Å². The van der Waals surface area contributed by atoms with E-state index in [4.69, 9.17) is 4.98 Å². The molecule has 4 heterocycles. The molecule has 0 radical (unpaired) electrons. The highest BCUT2D eigenvalue weighted by Gasteiger charge is 2.27. The summed E-state index contributed by atoms with van der Waals surface area (Å²) in [5, 5.41) is 2.25. The number of alkyl halides is 1. The van der Waals surface area contributed by atoms with Crippen molar-refractivity contribution in [2.75, 3.05) is 19.6 Å². The molecule has 2 aliphatic heterocycles. The average molecular weight is 326 g/mol. The molecule has 0 atom stereocenters. The Kier molecular flexibility index (Phi) is 2.97. The number of hydrogen-bond acceptors (Lipinski definition) is 3. The summed E-state index contributed by atoms with van der Waals surface area (Å²) in [5.74, 6) is 0.563. The van der Waals surface area contributed by atoms with E-state index in [2.05, 4.69) is 11.1 Å². The number of aromatic nitrogens is 2. The minimum atomic E-state index is -0.751. The lowest BCUT2D eigenvalue weighted by Crippen LogP contribution is -2.48. The highest BCUT2D eigenvalue weighted by molar-refractivity contribution is 5.87. The molecule has 0 N–H and O–H groups in total. The van der Waals surface area contributed by atoms with Gasteiger partial charge in [0.15, 0.2) is 0 Å². The molecule has 2 aliphatic rings. The predicted octanol–water partition coefficient (Wildman–Crippen LogP) is 1.58. The van der Waals surface area contributed by atoms with E-state index in [1.807, 2.05) is 21.4 Å². The second-order valence-electron chi connectivity index (χ2n) is 6.47. The summed E-state index contributed by atoms with van der Waals surface area (Å²) < 4.78 is 29.4. The van der Waals surface area contributed by atoms with Gasteiger partial charge in [-0.1, -0.05) is 12.1 Å². The van der Waals surface area contributed by atoms with Gasteiger partial charge in [0.05, 0.1) is 22.9 Å². The zero-order valence-corrected chi connectivity index (χ0v) is 13.0. The summed E-state index contributed by atoms with van der Waals surface area (Å²) in [5.41, 5.74) is 1.66. The number of likely N-dealkylation sites (tertiary alicyclic amines) is 1. The summed E-state index contributed by atoms with van der Waals surface area (Å²) in [4.78, 5) is 11.4. The lowest BCUT2D eigenvalue weighted by molar-refractivity contribution is 0.0566. The molecular formula is C18H16F2N4. The van der Waals surface area contributed by atoms with Crippen LogP contribution in [-0.4, -0.2) is 40.1 Å². The van der Waals surface area contributed by atoms with E-state index in [0.29, 0.717) is 25.0 Å². The Morgan fingerprint density at radius 1 is 1.21 bits per heavy atom. The second kappa shape index (κ2) is 5.08. The van der Waals surface area contributed by atoms with Crippen LogP contribution in [0.15, 0.2) is 29.3 Å². The summed E-state index contributed by atoms with van der Waals surface area (Å²) in [7, 11) is 0. The lowest BCUT2D eigenvalue weighted by atomic mass is 10.2. The number of halogens is 2. The first-order chi connectivity index (χ1) is 11.7. The highest BCUT2D eigenvalue weighted by Crippen LogP contribution is 2.23. The van der Waals surface area contributed by atoms with Crippen molar-refractivity contribution in [3.63, 3.8) is 0 Å². The van der Waals surface area contributed by atoms with E-state index < -0.39 is 6.17 Å². The monoisotopic (exact) mass is 326 g/mol. The van der Waals surface area contributed by atoms with Crippen molar-refractivity contribution in [3.05, 3.63) is 46.6 Å². The molecule has 0 saturated carbocycles. The maximum Gasteiger partial charge on any atom is 0.132 e. The SMILES string of the molecule is Fc1cccc2c1cc1c3c(nc(CN4CC(F)C4)n12)=CCCN=3. The fraction of sp³-hybridized carbons (Fsp3) is 0.333. The van der Waals surface area contributed by atoms with Crippen molar-refractivity contribution in [2.45, 2.75) is 19.1 Å². The number of hydrogen-bond donors (Lipinski definition) is 0. The van der Waals surface area contributed by atoms with Gasteiger partial charge in [-0.15, -0.1) is 0 Å². The molecule has 0 bridgehead atoms. The Morgan fingerprint density at radius 2 is 2.08 bits per heavy atom. The Hall–Kier alpha value is -2.34. The largest absolute Gasteiger partial charge is 0.294 e. The number of fused-ring (bicyclic) bond motifs is 5. The topological polar surface area (TPSA) is 32.9 Å². The van der Waals surface area contributed by atoms with Gasteiger partial charge in [0.25, 0.3) is 0 Å². The maximum atomic E-state index is 14.2. The molecule has 0 spiro atoms. The quantitative estimate of drug-likeness (QED) is 0.716. The molecule has 24 heavy (non-hydrogen) atoms. The van der Waals surface area contributed by atoms with E-state index in [1.165, 1.54) is 6.07 Å². The molecule has 122 valence electrons. The van der Waals surface area contributed by atoms with Crippen molar-refractivity contribution in [1.29, 1.82) is 0 Å².